The largest absolute Gasteiger partial charge is 0.355 e. The minimum absolute atomic E-state index is 0.146. The molecule has 0 atom stereocenters. The Morgan fingerprint density at radius 2 is 1.54 bits per heavy atom. The van der Waals surface area contributed by atoms with E-state index in [0.717, 1.165) is 30.2 Å². The summed E-state index contributed by atoms with van der Waals surface area (Å²) >= 11 is 0. The lowest BCUT2D eigenvalue weighted by atomic mass is 10.1. The van der Waals surface area contributed by atoms with E-state index in [4.69, 9.17) is 0 Å². The number of nitrogens with zero attached hydrogens (tertiary/aromatic N) is 4. The topological polar surface area (TPSA) is 49.3 Å². The molecular formula is C23H24N4O. The molecule has 0 bridgehead atoms. The lowest BCUT2D eigenvalue weighted by molar-refractivity contribution is 0.0980. The predicted molar refractivity (Wildman–Crippen MR) is 111 cm³/mol. The summed E-state index contributed by atoms with van der Waals surface area (Å²) in [5.74, 6) is 0.707. The fraction of sp³-hybridized carbons (Fsp3) is 0.261. The zero-order valence-electron chi connectivity index (χ0n) is 15.9. The molecule has 1 fully saturated rings. The van der Waals surface area contributed by atoms with Crippen molar-refractivity contribution < 1.29 is 4.79 Å². The molecule has 2 heterocycles. The lowest BCUT2D eigenvalue weighted by Crippen LogP contribution is -2.32. The predicted octanol–water partition coefficient (Wildman–Crippen LogP) is 4.31. The van der Waals surface area contributed by atoms with Gasteiger partial charge in [-0.15, -0.1) is 0 Å². The van der Waals surface area contributed by atoms with Crippen molar-refractivity contribution in [2.75, 3.05) is 22.9 Å². The van der Waals surface area contributed by atoms with E-state index in [-0.39, 0.29) is 5.91 Å². The molecule has 5 heteroatoms. The monoisotopic (exact) mass is 372 g/mol. The highest BCUT2D eigenvalue weighted by molar-refractivity contribution is 6.04. The van der Waals surface area contributed by atoms with Gasteiger partial charge in [-0.25, -0.2) is 9.97 Å². The second-order valence-electron chi connectivity index (χ2n) is 7.02. The number of carbonyl (C=O) groups excluding carboxylic acids is 1. The molecular weight excluding hydrogens is 348 g/mol. The Morgan fingerprint density at radius 3 is 2.18 bits per heavy atom. The normalized spacial score (nSPS) is 13.9. The van der Waals surface area contributed by atoms with Crippen LogP contribution in [0.3, 0.4) is 0 Å². The van der Waals surface area contributed by atoms with Crippen LogP contribution >= 0.6 is 0 Å². The number of anilines is 2. The summed E-state index contributed by atoms with van der Waals surface area (Å²) in [4.78, 5) is 26.2. The van der Waals surface area contributed by atoms with Crippen LogP contribution in [0.15, 0.2) is 73.1 Å². The number of hydrogen-bond donors (Lipinski definition) is 0. The SMILES string of the molecule is O=C(c1cnc(N2CCCCC2)cn1)N(Cc1ccccc1)c1ccccc1. The van der Waals surface area contributed by atoms with Gasteiger partial charge in [-0.2, -0.15) is 0 Å². The molecule has 0 spiro atoms. The smallest absolute Gasteiger partial charge is 0.278 e. The minimum Gasteiger partial charge on any atom is -0.355 e. The first-order valence-corrected chi connectivity index (χ1v) is 9.79. The number of para-hydroxylation sites is 1. The van der Waals surface area contributed by atoms with Gasteiger partial charge in [-0.1, -0.05) is 48.5 Å². The maximum Gasteiger partial charge on any atom is 0.278 e. The number of piperidine rings is 1. The maximum absolute atomic E-state index is 13.2. The van der Waals surface area contributed by atoms with Crippen LogP contribution in [0.4, 0.5) is 11.5 Å². The zero-order chi connectivity index (χ0) is 19.2. The third kappa shape index (κ3) is 4.19. The van der Waals surface area contributed by atoms with Crippen molar-refractivity contribution in [2.45, 2.75) is 25.8 Å². The number of carbonyl (C=O) groups is 1. The van der Waals surface area contributed by atoms with Crippen LogP contribution in [0.2, 0.25) is 0 Å². The molecule has 0 aliphatic carbocycles. The van der Waals surface area contributed by atoms with Gasteiger partial charge in [0.15, 0.2) is 0 Å². The third-order valence-corrected chi connectivity index (χ3v) is 5.03. The molecule has 5 nitrogen and oxygen atoms in total. The molecule has 4 rings (SSSR count). The summed E-state index contributed by atoms with van der Waals surface area (Å²) in [6, 6.07) is 19.7. The van der Waals surface area contributed by atoms with Crippen molar-refractivity contribution in [3.63, 3.8) is 0 Å². The molecule has 0 radical (unpaired) electrons. The zero-order valence-corrected chi connectivity index (χ0v) is 15.9. The van der Waals surface area contributed by atoms with Crippen molar-refractivity contribution >= 4 is 17.4 Å². The Balaban J connectivity index is 1.58. The second kappa shape index (κ2) is 8.65. The second-order valence-corrected chi connectivity index (χ2v) is 7.02. The fourth-order valence-corrected chi connectivity index (χ4v) is 3.51. The molecule has 1 saturated heterocycles. The Morgan fingerprint density at radius 1 is 0.857 bits per heavy atom. The fourth-order valence-electron chi connectivity index (χ4n) is 3.51. The van der Waals surface area contributed by atoms with Crippen molar-refractivity contribution in [2.24, 2.45) is 0 Å². The van der Waals surface area contributed by atoms with Gasteiger partial charge in [0.25, 0.3) is 5.91 Å². The highest BCUT2D eigenvalue weighted by atomic mass is 16.2. The first-order valence-electron chi connectivity index (χ1n) is 9.79. The van der Waals surface area contributed by atoms with E-state index in [0.29, 0.717) is 12.2 Å². The molecule has 2 aromatic carbocycles. The van der Waals surface area contributed by atoms with Crippen LogP contribution < -0.4 is 9.80 Å². The summed E-state index contributed by atoms with van der Waals surface area (Å²) in [6.07, 6.45) is 6.96. The van der Waals surface area contributed by atoms with Crippen LogP contribution in [-0.2, 0) is 6.54 Å². The molecule has 3 aromatic rings. The maximum atomic E-state index is 13.2. The van der Waals surface area contributed by atoms with Crippen LogP contribution in [0.5, 0.6) is 0 Å². The van der Waals surface area contributed by atoms with Gasteiger partial charge in [0, 0.05) is 18.8 Å². The molecule has 0 saturated carbocycles. The van der Waals surface area contributed by atoms with Gasteiger partial charge in [0.1, 0.15) is 11.5 Å². The van der Waals surface area contributed by atoms with Gasteiger partial charge in [-0.05, 0) is 37.0 Å². The van der Waals surface area contributed by atoms with E-state index >= 15 is 0 Å². The Bertz CT molecular complexity index is 891. The summed E-state index contributed by atoms with van der Waals surface area (Å²) in [7, 11) is 0. The summed E-state index contributed by atoms with van der Waals surface area (Å²) in [5, 5.41) is 0. The summed E-state index contributed by atoms with van der Waals surface area (Å²) in [5.41, 5.74) is 2.27. The molecule has 1 amide bonds. The van der Waals surface area contributed by atoms with E-state index in [1.807, 2.05) is 60.7 Å². The number of amides is 1. The lowest BCUT2D eigenvalue weighted by Gasteiger charge is -2.27. The Hall–Kier alpha value is -3.21. The number of hydrogen-bond acceptors (Lipinski definition) is 4. The van der Waals surface area contributed by atoms with Gasteiger partial charge in [-0.3, -0.25) is 4.79 Å². The van der Waals surface area contributed by atoms with E-state index < -0.39 is 0 Å². The standard InChI is InChI=1S/C23H24N4O/c28-23(21-16-25-22(17-24-21)26-14-8-3-9-15-26)27(20-12-6-2-7-13-20)18-19-10-4-1-5-11-19/h1-2,4-7,10-13,16-17H,3,8-9,14-15,18H2. The van der Waals surface area contributed by atoms with Crippen LogP contribution in [-0.4, -0.2) is 29.0 Å². The molecule has 1 aliphatic heterocycles. The molecule has 1 aromatic heterocycles. The quantitative estimate of drug-likeness (QED) is 0.669. The van der Waals surface area contributed by atoms with Gasteiger partial charge in [0.2, 0.25) is 0 Å². The van der Waals surface area contributed by atoms with Crippen LogP contribution in [0, 0.1) is 0 Å². The number of benzene rings is 2. The van der Waals surface area contributed by atoms with Crippen molar-refractivity contribution in [1.29, 1.82) is 0 Å². The average molecular weight is 372 g/mol. The minimum atomic E-state index is -0.146. The number of aromatic nitrogens is 2. The molecule has 0 unspecified atom stereocenters. The van der Waals surface area contributed by atoms with Crippen LogP contribution in [0.1, 0.15) is 35.3 Å². The van der Waals surface area contributed by atoms with Crippen LogP contribution in [0.25, 0.3) is 0 Å². The van der Waals surface area contributed by atoms with E-state index in [2.05, 4.69) is 14.9 Å². The van der Waals surface area contributed by atoms with Gasteiger partial charge in [0.05, 0.1) is 18.9 Å². The first-order chi connectivity index (χ1) is 13.8. The van der Waals surface area contributed by atoms with E-state index in [9.17, 15) is 4.79 Å². The van der Waals surface area contributed by atoms with Crippen molar-refractivity contribution in [1.82, 2.24) is 9.97 Å². The molecule has 28 heavy (non-hydrogen) atoms. The van der Waals surface area contributed by atoms with E-state index in [1.165, 1.54) is 19.3 Å². The highest BCUT2D eigenvalue weighted by Gasteiger charge is 2.20. The van der Waals surface area contributed by atoms with Crippen molar-refractivity contribution in [3.05, 3.63) is 84.3 Å². The summed E-state index contributed by atoms with van der Waals surface area (Å²) in [6.45, 7) is 2.50. The van der Waals surface area contributed by atoms with Gasteiger partial charge < -0.3 is 9.80 Å². The first kappa shape index (κ1) is 18.2. The molecule has 142 valence electrons. The third-order valence-electron chi connectivity index (χ3n) is 5.03. The van der Waals surface area contributed by atoms with E-state index in [1.54, 1.807) is 17.3 Å². The molecule has 0 N–H and O–H groups in total. The van der Waals surface area contributed by atoms with Gasteiger partial charge >= 0.3 is 0 Å². The Kier molecular flexibility index (Phi) is 5.61. The molecule has 1 aliphatic rings. The average Bonchev–Trinajstić information content (AvgIpc) is 2.79. The number of rotatable bonds is 5. The highest BCUT2D eigenvalue weighted by Crippen LogP contribution is 2.21. The van der Waals surface area contributed by atoms with Crippen molar-refractivity contribution in [3.8, 4) is 0 Å². The summed E-state index contributed by atoms with van der Waals surface area (Å²) < 4.78 is 0. The Labute approximate surface area is 165 Å².